The monoisotopic (exact) mass is 270 g/mol. The number of aromatic nitrogens is 2. The molecule has 1 rings (SSSR count). The van der Waals surface area contributed by atoms with Crippen molar-refractivity contribution in [2.75, 3.05) is 35.7 Å². The molecule has 1 unspecified atom stereocenters. The number of anilines is 2. The van der Waals surface area contributed by atoms with Crippen molar-refractivity contribution in [2.45, 2.75) is 26.7 Å². The molecule has 0 aliphatic heterocycles. The second-order valence-corrected chi connectivity index (χ2v) is 5.94. The molecule has 0 aliphatic rings. The molecular weight excluding hydrogens is 248 g/mol. The lowest BCUT2D eigenvalue weighted by Crippen LogP contribution is -2.13. The van der Waals surface area contributed by atoms with Crippen molar-refractivity contribution >= 4 is 22.4 Å². The smallest absolute Gasteiger partial charge is 0.135 e. The van der Waals surface area contributed by atoms with E-state index in [-0.39, 0.29) is 5.92 Å². The van der Waals surface area contributed by atoms with E-state index in [0.717, 1.165) is 24.0 Å². The van der Waals surface area contributed by atoms with E-state index < -0.39 is 10.8 Å². The molecule has 0 aliphatic carbocycles. The van der Waals surface area contributed by atoms with E-state index in [0.29, 0.717) is 12.3 Å². The summed E-state index contributed by atoms with van der Waals surface area (Å²) in [6.07, 6.45) is 1.70. The molecule has 0 radical (unpaired) electrons. The van der Waals surface area contributed by atoms with Crippen LogP contribution >= 0.6 is 0 Å². The summed E-state index contributed by atoms with van der Waals surface area (Å²) in [6.45, 7) is 7.65. The van der Waals surface area contributed by atoms with Crippen molar-refractivity contribution in [3.63, 3.8) is 0 Å². The van der Waals surface area contributed by atoms with Gasteiger partial charge in [-0.05, 0) is 6.92 Å². The van der Waals surface area contributed by atoms with Gasteiger partial charge in [0.1, 0.15) is 17.5 Å². The third-order valence-electron chi connectivity index (χ3n) is 2.31. The minimum absolute atomic E-state index is 0.282. The SMILES string of the molecule is CCNc1cc(NCCS(C)=O)nc(C(C)C)n1. The second-order valence-electron chi connectivity index (χ2n) is 4.39. The van der Waals surface area contributed by atoms with Gasteiger partial charge in [-0.2, -0.15) is 0 Å². The maximum absolute atomic E-state index is 11.0. The van der Waals surface area contributed by atoms with Gasteiger partial charge in [0.05, 0.1) is 0 Å². The Bertz CT molecular complexity index is 409. The Balaban J connectivity index is 2.78. The van der Waals surface area contributed by atoms with Crippen LogP contribution in [0.1, 0.15) is 32.5 Å². The fourth-order valence-corrected chi connectivity index (χ4v) is 1.80. The lowest BCUT2D eigenvalue weighted by Gasteiger charge is -2.11. The number of nitrogens with zero attached hydrogens (tertiary/aromatic N) is 2. The average molecular weight is 270 g/mol. The molecule has 5 nitrogen and oxygen atoms in total. The minimum atomic E-state index is -0.784. The molecule has 18 heavy (non-hydrogen) atoms. The molecule has 1 heterocycles. The van der Waals surface area contributed by atoms with Crippen molar-refractivity contribution in [2.24, 2.45) is 0 Å². The average Bonchev–Trinajstić information content (AvgIpc) is 2.28. The van der Waals surface area contributed by atoms with Gasteiger partial charge in [0, 0.05) is 47.9 Å². The molecule has 1 atom stereocenters. The lowest BCUT2D eigenvalue weighted by atomic mass is 10.2. The first-order valence-electron chi connectivity index (χ1n) is 6.19. The van der Waals surface area contributed by atoms with E-state index in [9.17, 15) is 4.21 Å². The van der Waals surface area contributed by atoms with E-state index in [2.05, 4.69) is 34.4 Å². The van der Waals surface area contributed by atoms with Crippen molar-refractivity contribution in [1.29, 1.82) is 0 Å². The number of nitrogens with one attached hydrogen (secondary N) is 2. The van der Waals surface area contributed by atoms with Gasteiger partial charge in [0.2, 0.25) is 0 Å². The zero-order valence-electron chi connectivity index (χ0n) is 11.5. The third-order valence-corrected chi connectivity index (χ3v) is 3.09. The van der Waals surface area contributed by atoms with E-state index in [4.69, 9.17) is 0 Å². The van der Waals surface area contributed by atoms with Crippen molar-refractivity contribution in [3.8, 4) is 0 Å². The molecule has 0 bridgehead atoms. The van der Waals surface area contributed by atoms with Crippen molar-refractivity contribution < 1.29 is 4.21 Å². The summed E-state index contributed by atoms with van der Waals surface area (Å²) in [5, 5.41) is 6.38. The van der Waals surface area contributed by atoms with Crippen LogP contribution in [0.5, 0.6) is 0 Å². The van der Waals surface area contributed by atoms with Crippen molar-refractivity contribution in [1.82, 2.24) is 9.97 Å². The molecule has 102 valence electrons. The van der Waals surface area contributed by atoms with Crippen LogP contribution in [0.3, 0.4) is 0 Å². The Morgan fingerprint density at radius 2 is 1.89 bits per heavy atom. The highest BCUT2D eigenvalue weighted by molar-refractivity contribution is 7.84. The molecule has 0 spiro atoms. The Kier molecular flexibility index (Phi) is 6.04. The lowest BCUT2D eigenvalue weighted by molar-refractivity contribution is 0.687. The Morgan fingerprint density at radius 1 is 1.28 bits per heavy atom. The van der Waals surface area contributed by atoms with Crippen LogP contribution in [0.4, 0.5) is 11.6 Å². The normalized spacial score (nSPS) is 12.5. The fraction of sp³-hybridized carbons (Fsp3) is 0.667. The maximum Gasteiger partial charge on any atom is 0.135 e. The summed E-state index contributed by atoms with van der Waals surface area (Å²) in [5.74, 6) is 3.34. The molecule has 6 heteroatoms. The molecule has 0 saturated heterocycles. The minimum Gasteiger partial charge on any atom is -0.370 e. The van der Waals surface area contributed by atoms with Gasteiger partial charge in [-0.25, -0.2) is 9.97 Å². The first-order valence-corrected chi connectivity index (χ1v) is 7.92. The molecule has 0 aromatic carbocycles. The van der Waals surface area contributed by atoms with Crippen molar-refractivity contribution in [3.05, 3.63) is 11.9 Å². The summed E-state index contributed by atoms with van der Waals surface area (Å²) >= 11 is 0. The predicted octanol–water partition coefficient (Wildman–Crippen LogP) is 1.82. The second kappa shape index (κ2) is 7.31. The van der Waals surface area contributed by atoms with Gasteiger partial charge in [-0.1, -0.05) is 13.8 Å². The van der Waals surface area contributed by atoms with Crippen LogP contribution in [0.25, 0.3) is 0 Å². The fourth-order valence-electron chi connectivity index (χ4n) is 1.41. The maximum atomic E-state index is 11.0. The summed E-state index contributed by atoms with van der Waals surface area (Å²) in [5.41, 5.74) is 0. The van der Waals surface area contributed by atoms with Gasteiger partial charge in [0.15, 0.2) is 0 Å². The van der Waals surface area contributed by atoms with Gasteiger partial charge in [-0.3, -0.25) is 4.21 Å². The molecule has 0 saturated carbocycles. The highest BCUT2D eigenvalue weighted by atomic mass is 32.2. The van der Waals surface area contributed by atoms with Gasteiger partial charge < -0.3 is 10.6 Å². The summed E-state index contributed by atoms with van der Waals surface area (Å²) in [7, 11) is -0.784. The van der Waals surface area contributed by atoms with E-state index in [1.165, 1.54) is 0 Å². The zero-order chi connectivity index (χ0) is 13.5. The molecular formula is C12H22N4OS. The van der Waals surface area contributed by atoms with Gasteiger partial charge in [-0.15, -0.1) is 0 Å². The van der Waals surface area contributed by atoms with E-state index in [1.807, 2.05) is 13.0 Å². The van der Waals surface area contributed by atoms with Crippen LogP contribution in [0.2, 0.25) is 0 Å². The first kappa shape index (κ1) is 14.9. The summed E-state index contributed by atoms with van der Waals surface area (Å²) in [4.78, 5) is 8.89. The molecule has 0 amide bonds. The summed E-state index contributed by atoms with van der Waals surface area (Å²) in [6, 6.07) is 1.88. The van der Waals surface area contributed by atoms with E-state index in [1.54, 1.807) is 6.26 Å². The molecule has 1 aromatic rings. The predicted molar refractivity (Wildman–Crippen MR) is 77.7 cm³/mol. The largest absolute Gasteiger partial charge is 0.370 e. The standard InChI is InChI=1S/C12H22N4OS/c1-5-13-10-8-11(14-6-7-18(4)17)16-12(15-10)9(2)3/h8-9H,5-7H2,1-4H3,(H2,13,14,15,16). The highest BCUT2D eigenvalue weighted by Crippen LogP contribution is 2.16. The third kappa shape index (κ3) is 5.00. The van der Waals surface area contributed by atoms with Gasteiger partial charge in [0.25, 0.3) is 0 Å². The number of rotatable bonds is 7. The number of hydrogen-bond donors (Lipinski definition) is 2. The quantitative estimate of drug-likeness (QED) is 0.791. The topological polar surface area (TPSA) is 66.9 Å². The van der Waals surface area contributed by atoms with Crippen LogP contribution in [0, 0.1) is 0 Å². The Hall–Kier alpha value is -1.17. The van der Waals surface area contributed by atoms with Crippen LogP contribution in [0.15, 0.2) is 6.07 Å². The van der Waals surface area contributed by atoms with Crippen LogP contribution in [-0.2, 0) is 10.8 Å². The number of hydrogen-bond acceptors (Lipinski definition) is 5. The van der Waals surface area contributed by atoms with E-state index >= 15 is 0 Å². The van der Waals surface area contributed by atoms with Crippen LogP contribution in [-0.4, -0.2) is 39.3 Å². The van der Waals surface area contributed by atoms with Gasteiger partial charge >= 0.3 is 0 Å². The highest BCUT2D eigenvalue weighted by Gasteiger charge is 2.07. The molecule has 2 N–H and O–H groups in total. The molecule has 0 fully saturated rings. The Morgan fingerprint density at radius 3 is 2.39 bits per heavy atom. The van der Waals surface area contributed by atoms with Crippen LogP contribution < -0.4 is 10.6 Å². The summed E-state index contributed by atoms with van der Waals surface area (Å²) < 4.78 is 11.0. The zero-order valence-corrected chi connectivity index (χ0v) is 12.3. The molecule has 1 aromatic heterocycles. The first-order chi connectivity index (χ1) is 8.52. The Labute approximate surface area is 111 Å².